The van der Waals surface area contributed by atoms with Crippen LogP contribution in [0.3, 0.4) is 0 Å². The lowest BCUT2D eigenvalue weighted by Gasteiger charge is -2.20. The summed E-state index contributed by atoms with van der Waals surface area (Å²) >= 11 is 0. The van der Waals surface area contributed by atoms with Gasteiger partial charge in [-0.2, -0.15) is 0 Å². The van der Waals surface area contributed by atoms with E-state index in [2.05, 4.69) is 31.4 Å². The summed E-state index contributed by atoms with van der Waals surface area (Å²) in [4.78, 5) is 11.5. The standard InChI is InChI=1S/C18H30N2O3/c1-17(2,3)13-20-14-8-7-9-15(12-14)22-11-10-19-16(21)23-18(4,5)6/h7-9,12,20H,10-11,13H2,1-6H3,(H,19,21). The zero-order valence-electron chi connectivity index (χ0n) is 15.2. The van der Waals surface area contributed by atoms with Crippen molar-refractivity contribution < 1.29 is 14.3 Å². The molecule has 0 bridgehead atoms. The molecule has 0 atom stereocenters. The maximum absolute atomic E-state index is 11.5. The molecule has 5 heteroatoms. The molecular weight excluding hydrogens is 292 g/mol. The molecule has 1 amide bonds. The Morgan fingerprint density at radius 3 is 2.43 bits per heavy atom. The molecule has 2 N–H and O–H groups in total. The quantitative estimate of drug-likeness (QED) is 0.776. The molecule has 0 spiro atoms. The molecule has 23 heavy (non-hydrogen) atoms. The average molecular weight is 322 g/mol. The number of anilines is 1. The third-order valence-electron chi connectivity index (χ3n) is 2.70. The molecule has 0 aliphatic rings. The number of carbonyl (C=O) groups excluding carboxylic acids is 1. The van der Waals surface area contributed by atoms with Crippen LogP contribution in [0.15, 0.2) is 24.3 Å². The smallest absolute Gasteiger partial charge is 0.407 e. The fourth-order valence-corrected chi connectivity index (χ4v) is 1.70. The summed E-state index contributed by atoms with van der Waals surface area (Å²) in [6.07, 6.45) is -0.429. The fraction of sp³-hybridized carbons (Fsp3) is 0.611. The average Bonchev–Trinajstić information content (AvgIpc) is 2.39. The lowest BCUT2D eigenvalue weighted by molar-refractivity contribution is 0.0520. The Kier molecular flexibility index (Phi) is 6.73. The van der Waals surface area contributed by atoms with Gasteiger partial charge >= 0.3 is 6.09 Å². The van der Waals surface area contributed by atoms with Gasteiger partial charge in [-0.25, -0.2) is 4.79 Å². The minimum Gasteiger partial charge on any atom is -0.492 e. The first-order valence-corrected chi connectivity index (χ1v) is 7.99. The van der Waals surface area contributed by atoms with Crippen molar-refractivity contribution in [3.05, 3.63) is 24.3 Å². The molecule has 0 radical (unpaired) electrons. The molecule has 0 aliphatic carbocycles. The number of hydrogen-bond donors (Lipinski definition) is 2. The van der Waals surface area contributed by atoms with E-state index in [1.165, 1.54) is 0 Å². The van der Waals surface area contributed by atoms with E-state index < -0.39 is 11.7 Å². The van der Waals surface area contributed by atoms with Gasteiger partial charge in [0.2, 0.25) is 0 Å². The zero-order valence-corrected chi connectivity index (χ0v) is 15.2. The van der Waals surface area contributed by atoms with Crippen LogP contribution in [0.2, 0.25) is 0 Å². The van der Waals surface area contributed by atoms with Crippen molar-refractivity contribution in [1.29, 1.82) is 0 Å². The second-order valence-electron chi connectivity index (χ2n) is 7.72. The predicted octanol–water partition coefficient (Wildman–Crippen LogP) is 4.05. The van der Waals surface area contributed by atoms with E-state index >= 15 is 0 Å². The fourth-order valence-electron chi connectivity index (χ4n) is 1.70. The van der Waals surface area contributed by atoms with Gasteiger partial charge < -0.3 is 20.1 Å². The Labute approximate surface area is 139 Å². The highest BCUT2D eigenvalue weighted by Crippen LogP contribution is 2.20. The Bertz CT molecular complexity index is 502. The maximum Gasteiger partial charge on any atom is 0.407 e. The predicted molar refractivity (Wildman–Crippen MR) is 94.1 cm³/mol. The normalized spacial score (nSPS) is 11.7. The van der Waals surface area contributed by atoms with Crippen molar-refractivity contribution in [1.82, 2.24) is 5.32 Å². The summed E-state index contributed by atoms with van der Waals surface area (Å²) in [7, 11) is 0. The molecule has 0 aromatic heterocycles. The van der Waals surface area contributed by atoms with Gasteiger partial charge in [-0.3, -0.25) is 0 Å². The minimum atomic E-state index is -0.488. The van der Waals surface area contributed by atoms with Crippen molar-refractivity contribution in [2.45, 2.75) is 47.1 Å². The number of ether oxygens (including phenoxy) is 2. The number of carbonyl (C=O) groups is 1. The van der Waals surface area contributed by atoms with E-state index in [1.807, 2.05) is 45.0 Å². The summed E-state index contributed by atoms with van der Waals surface area (Å²) in [6, 6.07) is 7.81. The topological polar surface area (TPSA) is 59.6 Å². The maximum atomic E-state index is 11.5. The highest BCUT2D eigenvalue weighted by atomic mass is 16.6. The highest BCUT2D eigenvalue weighted by Gasteiger charge is 2.15. The molecule has 1 aromatic rings. The molecule has 0 saturated heterocycles. The second kappa shape index (κ2) is 8.09. The minimum absolute atomic E-state index is 0.216. The first kappa shape index (κ1) is 19.1. The number of alkyl carbamates (subject to hydrolysis) is 1. The first-order chi connectivity index (χ1) is 10.6. The third kappa shape index (κ3) is 9.66. The van der Waals surface area contributed by atoms with Crippen molar-refractivity contribution in [3.8, 4) is 5.75 Å². The van der Waals surface area contributed by atoms with Crippen LogP contribution in [-0.2, 0) is 4.74 Å². The molecule has 0 unspecified atom stereocenters. The van der Waals surface area contributed by atoms with Crippen molar-refractivity contribution in [2.24, 2.45) is 5.41 Å². The highest BCUT2D eigenvalue weighted by molar-refractivity contribution is 5.67. The van der Waals surface area contributed by atoms with Gasteiger partial charge in [-0.15, -0.1) is 0 Å². The largest absolute Gasteiger partial charge is 0.492 e. The van der Waals surface area contributed by atoms with Crippen LogP contribution in [0, 0.1) is 5.41 Å². The van der Waals surface area contributed by atoms with Gasteiger partial charge in [-0.05, 0) is 38.3 Å². The Morgan fingerprint density at radius 2 is 1.83 bits per heavy atom. The van der Waals surface area contributed by atoms with Gasteiger partial charge in [0.1, 0.15) is 18.0 Å². The van der Waals surface area contributed by atoms with Crippen LogP contribution >= 0.6 is 0 Å². The summed E-state index contributed by atoms with van der Waals surface area (Å²) in [6.45, 7) is 13.7. The summed E-state index contributed by atoms with van der Waals surface area (Å²) < 4.78 is 10.8. The molecular formula is C18H30N2O3. The molecule has 5 nitrogen and oxygen atoms in total. The monoisotopic (exact) mass is 322 g/mol. The van der Waals surface area contributed by atoms with Crippen LogP contribution in [0.4, 0.5) is 10.5 Å². The zero-order chi connectivity index (χ0) is 17.5. The number of benzene rings is 1. The third-order valence-corrected chi connectivity index (χ3v) is 2.70. The van der Waals surface area contributed by atoms with E-state index in [4.69, 9.17) is 9.47 Å². The number of nitrogens with one attached hydrogen (secondary N) is 2. The number of amides is 1. The summed E-state index contributed by atoms with van der Waals surface area (Å²) in [5, 5.41) is 6.06. The lowest BCUT2D eigenvalue weighted by atomic mass is 9.97. The van der Waals surface area contributed by atoms with Gasteiger partial charge in [0, 0.05) is 18.3 Å². The summed E-state index contributed by atoms with van der Waals surface area (Å²) in [5.41, 5.74) is 0.754. The van der Waals surface area contributed by atoms with Crippen LogP contribution in [0.1, 0.15) is 41.5 Å². The molecule has 1 rings (SSSR count). The molecule has 0 fully saturated rings. The molecule has 130 valence electrons. The lowest BCUT2D eigenvalue weighted by Crippen LogP contribution is -2.34. The number of hydrogen-bond acceptors (Lipinski definition) is 4. The van der Waals surface area contributed by atoms with Crippen LogP contribution in [0.5, 0.6) is 5.75 Å². The van der Waals surface area contributed by atoms with Crippen LogP contribution < -0.4 is 15.4 Å². The van der Waals surface area contributed by atoms with Crippen LogP contribution in [-0.4, -0.2) is 31.4 Å². The molecule has 0 aliphatic heterocycles. The van der Waals surface area contributed by atoms with Gasteiger partial charge in [0.15, 0.2) is 0 Å². The number of rotatable bonds is 6. The van der Waals surface area contributed by atoms with E-state index in [0.717, 1.165) is 18.0 Å². The Hall–Kier alpha value is -1.91. The SMILES string of the molecule is CC(C)(C)CNc1cccc(OCCNC(=O)OC(C)(C)C)c1. The van der Waals surface area contributed by atoms with Crippen molar-refractivity contribution >= 4 is 11.8 Å². The van der Waals surface area contributed by atoms with Crippen LogP contribution in [0.25, 0.3) is 0 Å². The van der Waals surface area contributed by atoms with Gasteiger partial charge in [-0.1, -0.05) is 26.8 Å². The van der Waals surface area contributed by atoms with Gasteiger partial charge in [0.05, 0.1) is 6.54 Å². The van der Waals surface area contributed by atoms with E-state index in [1.54, 1.807) is 0 Å². The second-order valence-corrected chi connectivity index (χ2v) is 7.72. The summed E-state index contributed by atoms with van der Waals surface area (Å²) in [5.74, 6) is 0.773. The van der Waals surface area contributed by atoms with Crippen molar-refractivity contribution in [2.75, 3.05) is 25.0 Å². The molecule has 0 heterocycles. The van der Waals surface area contributed by atoms with E-state index in [0.29, 0.717) is 13.2 Å². The molecule has 1 aromatic carbocycles. The van der Waals surface area contributed by atoms with Crippen molar-refractivity contribution in [3.63, 3.8) is 0 Å². The Balaban J connectivity index is 2.34. The van der Waals surface area contributed by atoms with E-state index in [-0.39, 0.29) is 5.41 Å². The Morgan fingerprint density at radius 1 is 1.13 bits per heavy atom. The van der Waals surface area contributed by atoms with E-state index in [9.17, 15) is 4.79 Å². The molecule has 0 saturated carbocycles. The van der Waals surface area contributed by atoms with Gasteiger partial charge in [0.25, 0.3) is 0 Å². The first-order valence-electron chi connectivity index (χ1n) is 7.99.